The molecule has 1 atom stereocenters. The van der Waals surface area contributed by atoms with Crippen molar-refractivity contribution in [1.29, 1.82) is 0 Å². The quantitative estimate of drug-likeness (QED) is 0.837. The van der Waals surface area contributed by atoms with Gasteiger partial charge in [0.25, 0.3) is 0 Å². The van der Waals surface area contributed by atoms with Gasteiger partial charge in [-0.25, -0.2) is 0 Å². The zero-order valence-corrected chi connectivity index (χ0v) is 13.7. The maximum absolute atomic E-state index is 6.07. The highest BCUT2D eigenvalue weighted by Crippen LogP contribution is 2.30. The van der Waals surface area contributed by atoms with Crippen molar-refractivity contribution in [1.82, 2.24) is 4.90 Å². The molecule has 1 aromatic carbocycles. The van der Waals surface area contributed by atoms with E-state index in [2.05, 4.69) is 17.9 Å². The van der Waals surface area contributed by atoms with Gasteiger partial charge in [-0.1, -0.05) is 18.2 Å². The van der Waals surface area contributed by atoms with Gasteiger partial charge in [-0.05, 0) is 37.8 Å². The Morgan fingerprint density at radius 1 is 1.27 bits per heavy atom. The van der Waals surface area contributed by atoms with Gasteiger partial charge in [-0.15, -0.1) is 0 Å². The van der Waals surface area contributed by atoms with Crippen LogP contribution in [0.15, 0.2) is 24.3 Å². The first-order valence-electron chi connectivity index (χ1n) is 8.28. The second-order valence-corrected chi connectivity index (χ2v) is 6.51. The van der Waals surface area contributed by atoms with Crippen LogP contribution in [0.25, 0.3) is 0 Å². The van der Waals surface area contributed by atoms with Crippen molar-refractivity contribution in [3.63, 3.8) is 0 Å². The lowest BCUT2D eigenvalue weighted by Gasteiger charge is -2.33. The zero-order chi connectivity index (χ0) is 15.4. The van der Waals surface area contributed by atoms with E-state index in [1.165, 1.54) is 5.56 Å². The van der Waals surface area contributed by atoms with Crippen LogP contribution >= 0.6 is 0 Å². The summed E-state index contributed by atoms with van der Waals surface area (Å²) in [6.45, 7) is 6.53. The summed E-state index contributed by atoms with van der Waals surface area (Å²) in [4.78, 5) is 2.56. The summed E-state index contributed by atoms with van der Waals surface area (Å²) in [7, 11) is 1.81. The summed E-state index contributed by atoms with van der Waals surface area (Å²) in [5.74, 6) is 0.962. The second-order valence-electron chi connectivity index (χ2n) is 6.51. The van der Waals surface area contributed by atoms with E-state index >= 15 is 0 Å². The summed E-state index contributed by atoms with van der Waals surface area (Å²) >= 11 is 0. The van der Waals surface area contributed by atoms with E-state index < -0.39 is 0 Å². The number of rotatable bonds is 5. The van der Waals surface area contributed by atoms with Crippen molar-refractivity contribution < 1.29 is 14.2 Å². The lowest BCUT2D eigenvalue weighted by atomic mass is 10.0. The molecule has 0 aliphatic carbocycles. The molecule has 3 rings (SSSR count). The van der Waals surface area contributed by atoms with Crippen LogP contribution in [-0.4, -0.2) is 56.6 Å². The van der Waals surface area contributed by atoms with E-state index in [9.17, 15) is 0 Å². The van der Waals surface area contributed by atoms with Gasteiger partial charge in [-0.2, -0.15) is 0 Å². The molecule has 2 saturated heterocycles. The summed E-state index contributed by atoms with van der Waals surface area (Å²) in [5.41, 5.74) is 0.994. The maximum atomic E-state index is 6.07. The first-order chi connectivity index (χ1) is 10.7. The number of methoxy groups -OCH3 is 1. The Kier molecular flexibility index (Phi) is 5.01. The van der Waals surface area contributed by atoms with Crippen LogP contribution in [-0.2, 0) is 9.47 Å². The minimum Gasteiger partial charge on any atom is -0.490 e. The molecule has 0 radical (unpaired) electrons. The second kappa shape index (κ2) is 6.99. The van der Waals surface area contributed by atoms with Gasteiger partial charge in [0.05, 0.1) is 0 Å². The number of ether oxygens (including phenoxy) is 3. The lowest BCUT2D eigenvalue weighted by molar-refractivity contribution is -0.0427. The van der Waals surface area contributed by atoms with Gasteiger partial charge in [0.15, 0.2) is 0 Å². The molecule has 2 aliphatic heterocycles. The smallest absolute Gasteiger partial charge is 0.122 e. The standard InChI is InChI=1S/C18H27NO3/c1-15-5-3-4-6-17(15)22-14-18(20-2)9-10-19(13-18)16-7-11-21-12-8-16/h3-6,16H,7-14H2,1-2H3. The number of aryl methyl sites for hydroxylation is 1. The predicted octanol–water partition coefficient (Wildman–Crippen LogP) is 2.64. The third-order valence-electron chi connectivity index (χ3n) is 5.07. The molecule has 0 aromatic heterocycles. The van der Waals surface area contributed by atoms with Gasteiger partial charge in [0, 0.05) is 39.5 Å². The first-order valence-corrected chi connectivity index (χ1v) is 8.28. The Bertz CT molecular complexity index is 487. The Balaban J connectivity index is 1.60. The van der Waals surface area contributed by atoms with Crippen molar-refractivity contribution in [2.24, 2.45) is 0 Å². The first kappa shape index (κ1) is 15.8. The number of hydrogen-bond acceptors (Lipinski definition) is 4. The minimum absolute atomic E-state index is 0.180. The van der Waals surface area contributed by atoms with Crippen molar-refractivity contribution in [3.05, 3.63) is 29.8 Å². The average molecular weight is 305 g/mol. The zero-order valence-electron chi connectivity index (χ0n) is 13.7. The highest BCUT2D eigenvalue weighted by atomic mass is 16.5. The lowest BCUT2D eigenvalue weighted by Crippen LogP contribution is -2.45. The van der Waals surface area contributed by atoms with E-state index in [1.807, 2.05) is 25.3 Å². The fraction of sp³-hybridized carbons (Fsp3) is 0.667. The van der Waals surface area contributed by atoms with Crippen molar-refractivity contribution in [2.75, 3.05) is 40.0 Å². The molecule has 2 fully saturated rings. The molecule has 0 amide bonds. The Morgan fingerprint density at radius 2 is 2.05 bits per heavy atom. The van der Waals surface area contributed by atoms with E-state index in [1.54, 1.807) is 0 Å². The number of hydrogen-bond donors (Lipinski definition) is 0. The van der Waals surface area contributed by atoms with Crippen LogP contribution in [0.1, 0.15) is 24.8 Å². The molecule has 0 N–H and O–H groups in total. The monoisotopic (exact) mass is 305 g/mol. The average Bonchev–Trinajstić information content (AvgIpc) is 3.00. The summed E-state index contributed by atoms with van der Waals surface area (Å²) in [6, 6.07) is 8.81. The molecule has 2 heterocycles. The van der Waals surface area contributed by atoms with Crippen LogP contribution in [0.3, 0.4) is 0 Å². The van der Waals surface area contributed by atoms with E-state index in [-0.39, 0.29) is 5.60 Å². The summed E-state index contributed by atoms with van der Waals surface area (Å²) < 4.78 is 17.4. The predicted molar refractivity (Wildman–Crippen MR) is 86.4 cm³/mol. The molecular formula is C18H27NO3. The molecule has 122 valence electrons. The van der Waals surface area contributed by atoms with Gasteiger partial charge < -0.3 is 14.2 Å². The summed E-state index contributed by atoms with van der Waals surface area (Å²) in [5, 5.41) is 0. The van der Waals surface area contributed by atoms with Crippen LogP contribution in [0.5, 0.6) is 5.75 Å². The van der Waals surface area contributed by atoms with Gasteiger partial charge in [0.2, 0.25) is 0 Å². The van der Waals surface area contributed by atoms with Crippen molar-refractivity contribution in [3.8, 4) is 5.75 Å². The maximum Gasteiger partial charge on any atom is 0.122 e. The third-order valence-corrected chi connectivity index (χ3v) is 5.07. The molecule has 4 heteroatoms. The molecule has 1 aromatic rings. The molecule has 4 nitrogen and oxygen atoms in total. The SMILES string of the molecule is COC1(COc2ccccc2C)CCN(C2CCOCC2)C1. The normalized spacial score (nSPS) is 27.2. The van der Waals surface area contributed by atoms with Crippen molar-refractivity contribution in [2.45, 2.75) is 37.8 Å². The molecular weight excluding hydrogens is 278 g/mol. The number of para-hydroxylation sites is 1. The highest BCUT2D eigenvalue weighted by Gasteiger charge is 2.41. The van der Waals surface area contributed by atoms with Gasteiger partial charge in [0.1, 0.15) is 18.0 Å². The summed E-state index contributed by atoms with van der Waals surface area (Å²) in [6.07, 6.45) is 3.31. The Labute approximate surface area is 133 Å². The van der Waals surface area contributed by atoms with E-state index in [4.69, 9.17) is 14.2 Å². The fourth-order valence-electron chi connectivity index (χ4n) is 3.51. The van der Waals surface area contributed by atoms with Crippen LogP contribution in [0, 0.1) is 6.92 Å². The largest absolute Gasteiger partial charge is 0.490 e. The molecule has 0 bridgehead atoms. The van der Waals surface area contributed by atoms with E-state index in [0.717, 1.165) is 51.3 Å². The molecule has 1 unspecified atom stereocenters. The number of benzene rings is 1. The number of likely N-dealkylation sites (tertiary alicyclic amines) is 1. The molecule has 0 saturated carbocycles. The van der Waals surface area contributed by atoms with Crippen LogP contribution in [0.2, 0.25) is 0 Å². The number of nitrogens with zero attached hydrogens (tertiary/aromatic N) is 1. The van der Waals surface area contributed by atoms with Gasteiger partial charge >= 0.3 is 0 Å². The topological polar surface area (TPSA) is 30.9 Å². The van der Waals surface area contributed by atoms with E-state index in [0.29, 0.717) is 12.6 Å². The van der Waals surface area contributed by atoms with Crippen LogP contribution in [0.4, 0.5) is 0 Å². The Hall–Kier alpha value is -1.10. The fourth-order valence-corrected chi connectivity index (χ4v) is 3.51. The van der Waals surface area contributed by atoms with Crippen molar-refractivity contribution >= 4 is 0 Å². The Morgan fingerprint density at radius 3 is 2.77 bits per heavy atom. The minimum atomic E-state index is -0.180. The molecule has 22 heavy (non-hydrogen) atoms. The third kappa shape index (κ3) is 3.45. The van der Waals surface area contributed by atoms with Crippen LogP contribution < -0.4 is 4.74 Å². The molecule has 0 spiro atoms. The molecule has 2 aliphatic rings. The highest BCUT2D eigenvalue weighted by molar-refractivity contribution is 5.31. The van der Waals surface area contributed by atoms with Gasteiger partial charge in [-0.3, -0.25) is 4.90 Å².